The number of rotatable bonds is 3. The number of anilines is 1. The highest BCUT2D eigenvalue weighted by Crippen LogP contribution is 2.33. The Balaban J connectivity index is 1.84. The first-order valence-electron chi connectivity index (χ1n) is 6.69. The molecule has 102 valence electrons. The van der Waals surface area contributed by atoms with Crippen molar-refractivity contribution in [3.8, 4) is 0 Å². The van der Waals surface area contributed by atoms with Gasteiger partial charge in [0.15, 0.2) is 0 Å². The predicted molar refractivity (Wildman–Crippen MR) is 80.2 cm³/mol. The lowest BCUT2D eigenvalue weighted by Gasteiger charge is -2.25. The standard InChI is InChI=1S/C16H15ClN2O/c17-14-10-18-7-5-11(14)9-16(20)13-6-8-19-15-4-2-1-3-12(13)15/h1-5,7,10,13,19H,6,8-9H2. The zero-order chi connectivity index (χ0) is 13.9. The molecule has 0 saturated heterocycles. The topological polar surface area (TPSA) is 42.0 Å². The summed E-state index contributed by atoms with van der Waals surface area (Å²) in [6.07, 6.45) is 4.45. The van der Waals surface area contributed by atoms with Gasteiger partial charge in [0.05, 0.1) is 5.02 Å². The van der Waals surface area contributed by atoms with Gasteiger partial charge in [-0.3, -0.25) is 9.78 Å². The van der Waals surface area contributed by atoms with Crippen LogP contribution in [0.3, 0.4) is 0 Å². The Bertz CT molecular complexity index is 642. The molecular formula is C16H15ClN2O. The Morgan fingerprint density at radius 1 is 1.35 bits per heavy atom. The molecule has 2 heterocycles. The number of Topliss-reactive ketones (excluding diaryl/α,β-unsaturated/α-hetero) is 1. The molecule has 1 unspecified atom stereocenters. The first-order chi connectivity index (χ1) is 9.75. The highest BCUT2D eigenvalue weighted by atomic mass is 35.5. The van der Waals surface area contributed by atoms with Crippen LogP contribution in [-0.4, -0.2) is 17.3 Å². The van der Waals surface area contributed by atoms with Crippen molar-refractivity contribution in [2.45, 2.75) is 18.8 Å². The highest BCUT2D eigenvalue weighted by Gasteiger charge is 2.26. The van der Waals surface area contributed by atoms with Crippen molar-refractivity contribution in [1.29, 1.82) is 0 Å². The molecule has 1 N–H and O–H groups in total. The van der Waals surface area contributed by atoms with Gasteiger partial charge in [-0.2, -0.15) is 0 Å². The number of para-hydroxylation sites is 1. The molecule has 0 bridgehead atoms. The number of fused-ring (bicyclic) bond motifs is 1. The number of nitrogens with one attached hydrogen (secondary N) is 1. The fourth-order valence-electron chi connectivity index (χ4n) is 2.66. The smallest absolute Gasteiger partial charge is 0.144 e. The Labute approximate surface area is 123 Å². The fraction of sp³-hybridized carbons (Fsp3) is 0.250. The molecule has 0 aliphatic carbocycles. The average Bonchev–Trinajstić information content (AvgIpc) is 2.49. The minimum Gasteiger partial charge on any atom is -0.385 e. The third-order valence-electron chi connectivity index (χ3n) is 3.69. The number of pyridine rings is 1. The van der Waals surface area contributed by atoms with Crippen LogP contribution in [-0.2, 0) is 11.2 Å². The molecule has 0 spiro atoms. The van der Waals surface area contributed by atoms with E-state index in [1.807, 2.05) is 30.3 Å². The van der Waals surface area contributed by atoms with Gasteiger partial charge in [-0.25, -0.2) is 0 Å². The van der Waals surface area contributed by atoms with Gasteiger partial charge >= 0.3 is 0 Å². The molecule has 1 aliphatic rings. The van der Waals surface area contributed by atoms with Crippen LogP contribution in [0.15, 0.2) is 42.7 Å². The van der Waals surface area contributed by atoms with Crippen LogP contribution in [0.25, 0.3) is 0 Å². The normalized spacial score (nSPS) is 17.1. The van der Waals surface area contributed by atoms with E-state index in [0.717, 1.165) is 29.8 Å². The number of hydrogen-bond acceptors (Lipinski definition) is 3. The first-order valence-corrected chi connectivity index (χ1v) is 7.07. The summed E-state index contributed by atoms with van der Waals surface area (Å²) in [5.74, 6) is 0.170. The predicted octanol–water partition coefficient (Wildman–Crippen LogP) is 3.45. The number of carbonyl (C=O) groups excluding carboxylic acids is 1. The van der Waals surface area contributed by atoms with Crippen LogP contribution < -0.4 is 5.32 Å². The molecule has 20 heavy (non-hydrogen) atoms. The van der Waals surface area contributed by atoms with Crippen molar-refractivity contribution < 1.29 is 4.79 Å². The van der Waals surface area contributed by atoms with E-state index in [0.29, 0.717) is 11.4 Å². The molecule has 4 heteroatoms. The zero-order valence-electron chi connectivity index (χ0n) is 11.0. The second kappa shape index (κ2) is 5.63. The molecule has 0 fully saturated rings. The molecule has 2 aromatic rings. The van der Waals surface area contributed by atoms with Crippen LogP contribution in [0.1, 0.15) is 23.5 Å². The molecule has 1 aromatic heterocycles. The number of ketones is 1. The van der Waals surface area contributed by atoms with Gasteiger partial charge in [-0.15, -0.1) is 0 Å². The van der Waals surface area contributed by atoms with E-state index >= 15 is 0 Å². The van der Waals surface area contributed by atoms with Gasteiger partial charge in [0.2, 0.25) is 0 Å². The summed E-state index contributed by atoms with van der Waals surface area (Å²) in [7, 11) is 0. The average molecular weight is 287 g/mol. The molecular weight excluding hydrogens is 272 g/mol. The number of benzene rings is 1. The molecule has 0 radical (unpaired) electrons. The summed E-state index contributed by atoms with van der Waals surface area (Å²) < 4.78 is 0. The number of carbonyl (C=O) groups is 1. The number of halogens is 1. The summed E-state index contributed by atoms with van der Waals surface area (Å²) in [5, 5.41) is 3.89. The van der Waals surface area contributed by atoms with Gasteiger partial charge in [0.1, 0.15) is 5.78 Å². The first kappa shape index (κ1) is 13.1. The van der Waals surface area contributed by atoms with Crippen molar-refractivity contribution >= 4 is 23.1 Å². The lowest BCUT2D eigenvalue weighted by Crippen LogP contribution is -2.24. The van der Waals surface area contributed by atoms with Crippen LogP contribution in [0, 0.1) is 0 Å². The highest BCUT2D eigenvalue weighted by molar-refractivity contribution is 6.31. The van der Waals surface area contributed by atoms with Crippen LogP contribution >= 0.6 is 11.6 Å². The molecule has 0 saturated carbocycles. The van der Waals surface area contributed by atoms with Gasteiger partial charge in [-0.1, -0.05) is 29.8 Å². The minimum absolute atomic E-state index is 0.0447. The Morgan fingerprint density at radius 3 is 3.05 bits per heavy atom. The fourth-order valence-corrected chi connectivity index (χ4v) is 2.85. The Morgan fingerprint density at radius 2 is 2.20 bits per heavy atom. The van der Waals surface area contributed by atoms with E-state index in [9.17, 15) is 4.79 Å². The van der Waals surface area contributed by atoms with E-state index in [2.05, 4.69) is 10.3 Å². The molecule has 1 atom stereocenters. The maximum absolute atomic E-state index is 12.6. The maximum Gasteiger partial charge on any atom is 0.144 e. The molecule has 3 rings (SSSR count). The van der Waals surface area contributed by atoms with Crippen LogP contribution in [0.5, 0.6) is 0 Å². The van der Waals surface area contributed by atoms with Gasteiger partial charge < -0.3 is 5.32 Å². The van der Waals surface area contributed by atoms with E-state index in [4.69, 9.17) is 11.6 Å². The third-order valence-corrected chi connectivity index (χ3v) is 4.03. The second-order valence-electron chi connectivity index (χ2n) is 4.97. The Kier molecular flexibility index (Phi) is 3.70. The van der Waals surface area contributed by atoms with E-state index in [1.54, 1.807) is 12.4 Å². The number of hydrogen-bond donors (Lipinski definition) is 1. The van der Waals surface area contributed by atoms with E-state index in [1.165, 1.54) is 0 Å². The second-order valence-corrected chi connectivity index (χ2v) is 5.37. The monoisotopic (exact) mass is 286 g/mol. The zero-order valence-corrected chi connectivity index (χ0v) is 11.7. The lowest BCUT2D eigenvalue weighted by atomic mass is 9.85. The number of aromatic nitrogens is 1. The van der Waals surface area contributed by atoms with Crippen molar-refractivity contribution in [2.24, 2.45) is 0 Å². The minimum atomic E-state index is -0.0447. The van der Waals surface area contributed by atoms with Gasteiger partial charge in [-0.05, 0) is 29.7 Å². The molecule has 1 aliphatic heterocycles. The third kappa shape index (κ3) is 2.54. The van der Waals surface area contributed by atoms with Gasteiger partial charge in [0.25, 0.3) is 0 Å². The quantitative estimate of drug-likeness (QED) is 0.940. The molecule has 1 aromatic carbocycles. The summed E-state index contributed by atoms with van der Waals surface area (Å²) in [5.41, 5.74) is 3.01. The summed E-state index contributed by atoms with van der Waals surface area (Å²) in [6, 6.07) is 9.82. The SMILES string of the molecule is O=C(Cc1ccncc1Cl)C1CCNc2ccccc21. The Hall–Kier alpha value is -1.87. The maximum atomic E-state index is 12.6. The lowest BCUT2D eigenvalue weighted by molar-refractivity contribution is -0.120. The van der Waals surface area contributed by atoms with E-state index in [-0.39, 0.29) is 11.7 Å². The molecule has 0 amide bonds. The van der Waals surface area contributed by atoms with Crippen molar-refractivity contribution in [2.75, 3.05) is 11.9 Å². The van der Waals surface area contributed by atoms with E-state index < -0.39 is 0 Å². The summed E-state index contributed by atoms with van der Waals surface area (Å²) in [6.45, 7) is 0.831. The van der Waals surface area contributed by atoms with Crippen LogP contribution in [0.2, 0.25) is 5.02 Å². The summed E-state index contributed by atoms with van der Waals surface area (Å²) in [4.78, 5) is 16.5. The molecule has 3 nitrogen and oxygen atoms in total. The van der Waals surface area contributed by atoms with Crippen molar-refractivity contribution in [3.63, 3.8) is 0 Å². The van der Waals surface area contributed by atoms with Crippen LogP contribution in [0.4, 0.5) is 5.69 Å². The largest absolute Gasteiger partial charge is 0.385 e. The van der Waals surface area contributed by atoms with Crippen molar-refractivity contribution in [1.82, 2.24) is 4.98 Å². The van der Waals surface area contributed by atoms with Crippen molar-refractivity contribution in [3.05, 3.63) is 58.9 Å². The summed E-state index contributed by atoms with van der Waals surface area (Å²) >= 11 is 6.08. The number of nitrogens with zero attached hydrogens (tertiary/aromatic N) is 1. The van der Waals surface area contributed by atoms with Gasteiger partial charge in [0, 0.05) is 37.0 Å².